The van der Waals surface area contributed by atoms with Crippen molar-refractivity contribution in [2.24, 2.45) is 0 Å². The number of hydrogen-bond acceptors (Lipinski definition) is 2. The minimum Gasteiger partial charge on any atom is -0.351 e. The van der Waals surface area contributed by atoms with E-state index >= 15 is 0 Å². The van der Waals surface area contributed by atoms with Crippen molar-refractivity contribution in [1.29, 1.82) is 0 Å². The molecule has 3 heteroatoms. The van der Waals surface area contributed by atoms with Crippen molar-refractivity contribution in [1.82, 2.24) is 4.98 Å². The summed E-state index contributed by atoms with van der Waals surface area (Å²) in [5, 5.41) is 0. The number of pyridine rings is 1. The van der Waals surface area contributed by atoms with Crippen LogP contribution in [0.5, 0.6) is 0 Å². The molecule has 2 rings (SSSR count). The van der Waals surface area contributed by atoms with Gasteiger partial charge in [0.15, 0.2) is 0 Å². The third-order valence-electron chi connectivity index (χ3n) is 3.22. The Bertz CT molecular complexity index is 374. The highest BCUT2D eigenvalue weighted by molar-refractivity contribution is 9.10. The van der Waals surface area contributed by atoms with Crippen LogP contribution < -0.4 is 4.90 Å². The minimum absolute atomic E-state index is 0.239. The lowest BCUT2D eigenvalue weighted by Gasteiger charge is -2.33. The third kappa shape index (κ3) is 1.89. The van der Waals surface area contributed by atoms with Crippen molar-refractivity contribution in [3.05, 3.63) is 22.3 Å². The second-order valence-electron chi connectivity index (χ2n) is 4.83. The topological polar surface area (TPSA) is 16.1 Å². The number of nitrogens with zero attached hydrogens (tertiary/aromatic N) is 2. The van der Waals surface area contributed by atoms with Crippen LogP contribution in [0.3, 0.4) is 0 Å². The highest BCUT2D eigenvalue weighted by atomic mass is 79.9. The van der Waals surface area contributed by atoms with Gasteiger partial charge in [-0.25, -0.2) is 4.98 Å². The first kappa shape index (κ1) is 10.9. The maximum atomic E-state index is 4.50. The highest BCUT2D eigenvalue weighted by Gasteiger charge is 2.33. The Hall–Kier alpha value is -0.570. The second kappa shape index (κ2) is 3.78. The number of aromatic nitrogens is 1. The third-order valence-corrected chi connectivity index (χ3v) is 4.20. The van der Waals surface area contributed by atoms with Crippen LogP contribution in [0.2, 0.25) is 0 Å². The van der Waals surface area contributed by atoms with Gasteiger partial charge in [0.1, 0.15) is 5.82 Å². The van der Waals surface area contributed by atoms with Gasteiger partial charge in [0.05, 0.1) is 4.47 Å². The molecule has 1 aromatic heterocycles. The first-order valence-corrected chi connectivity index (χ1v) is 6.20. The van der Waals surface area contributed by atoms with Crippen LogP contribution in [0, 0.1) is 6.92 Å². The molecule has 0 amide bonds. The number of anilines is 1. The predicted octanol–water partition coefficient (Wildman–Crippen LogP) is 3.53. The Kier molecular flexibility index (Phi) is 2.75. The van der Waals surface area contributed by atoms with Crippen molar-refractivity contribution in [2.45, 2.75) is 39.2 Å². The van der Waals surface area contributed by atoms with Gasteiger partial charge in [-0.15, -0.1) is 0 Å². The number of rotatable bonds is 1. The number of hydrogen-bond donors (Lipinski definition) is 0. The Morgan fingerprint density at radius 1 is 1.47 bits per heavy atom. The molecule has 0 radical (unpaired) electrons. The molecule has 15 heavy (non-hydrogen) atoms. The smallest absolute Gasteiger partial charge is 0.143 e. The van der Waals surface area contributed by atoms with E-state index in [9.17, 15) is 0 Å². The summed E-state index contributed by atoms with van der Waals surface area (Å²) in [6, 6.07) is 2.04. The molecule has 1 aliphatic rings. The molecule has 0 saturated carbocycles. The van der Waals surface area contributed by atoms with E-state index in [4.69, 9.17) is 0 Å². The molecule has 0 atom stereocenters. The van der Waals surface area contributed by atoms with Gasteiger partial charge in [-0.3, -0.25) is 0 Å². The van der Waals surface area contributed by atoms with E-state index in [0.29, 0.717) is 0 Å². The molecule has 0 aromatic carbocycles. The van der Waals surface area contributed by atoms with Crippen molar-refractivity contribution in [3.8, 4) is 0 Å². The molecular formula is C12H17BrN2. The molecule has 1 saturated heterocycles. The lowest BCUT2D eigenvalue weighted by Crippen LogP contribution is -2.38. The van der Waals surface area contributed by atoms with E-state index in [0.717, 1.165) is 16.8 Å². The number of aryl methyl sites for hydroxylation is 1. The van der Waals surface area contributed by atoms with E-state index in [1.807, 2.05) is 12.3 Å². The van der Waals surface area contributed by atoms with Gasteiger partial charge in [0.25, 0.3) is 0 Å². The SMILES string of the molecule is Cc1ccnc(N2CCCC2(C)C)c1Br. The average Bonchev–Trinajstić information content (AvgIpc) is 2.50. The highest BCUT2D eigenvalue weighted by Crippen LogP contribution is 2.37. The van der Waals surface area contributed by atoms with Gasteiger partial charge in [0.2, 0.25) is 0 Å². The molecule has 1 fully saturated rings. The summed E-state index contributed by atoms with van der Waals surface area (Å²) < 4.78 is 1.14. The van der Waals surface area contributed by atoms with E-state index < -0.39 is 0 Å². The molecule has 1 aliphatic heterocycles. The van der Waals surface area contributed by atoms with Crippen molar-refractivity contribution in [3.63, 3.8) is 0 Å². The summed E-state index contributed by atoms with van der Waals surface area (Å²) in [6.07, 6.45) is 4.40. The summed E-state index contributed by atoms with van der Waals surface area (Å²) in [5.41, 5.74) is 1.49. The van der Waals surface area contributed by atoms with Crippen LogP contribution in [0.25, 0.3) is 0 Å². The Morgan fingerprint density at radius 2 is 2.20 bits per heavy atom. The minimum atomic E-state index is 0.239. The van der Waals surface area contributed by atoms with Crippen LogP contribution in [0.4, 0.5) is 5.82 Å². The molecule has 2 heterocycles. The Labute approximate surface area is 99.8 Å². The largest absolute Gasteiger partial charge is 0.351 e. The normalized spacial score (nSPS) is 19.6. The number of halogens is 1. The molecule has 0 bridgehead atoms. The zero-order valence-electron chi connectivity index (χ0n) is 9.55. The zero-order valence-corrected chi connectivity index (χ0v) is 11.1. The van der Waals surface area contributed by atoms with Crippen LogP contribution in [0.15, 0.2) is 16.7 Å². The molecule has 82 valence electrons. The van der Waals surface area contributed by atoms with Crippen molar-refractivity contribution >= 4 is 21.7 Å². The monoisotopic (exact) mass is 268 g/mol. The standard InChI is InChI=1S/C12H17BrN2/c1-9-5-7-14-11(10(9)13)15-8-4-6-12(15,2)3/h5,7H,4,6,8H2,1-3H3. The van der Waals surface area contributed by atoms with Crippen LogP contribution in [-0.2, 0) is 0 Å². The van der Waals surface area contributed by atoms with E-state index in [1.165, 1.54) is 18.4 Å². The van der Waals surface area contributed by atoms with Crippen molar-refractivity contribution in [2.75, 3.05) is 11.4 Å². The molecule has 0 N–H and O–H groups in total. The van der Waals surface area contributed by atoms with Gasteiger partial charge in [-0.2, -0.15) is 0 Å². The van der Waals surface area contributed by atoms with Crippen LogP contribution in [0.1, 0.15) is 32.3 Å². The van der Waals surface area contributed by atoms with Crippen molar-refractivity contribution < 1.29 is 0 Å². The Balaban J connectivity index is 2.41. The van der Waals surface area contributed by atoms with Crippen LogP contribution in [-0.4, -0.2) is 17.1 Å². The first-order valence-electron chi connectivity index (χ1n) is 5.41. The summed E-state index contributed by atoms with van der Waals surface area (Å²) in [6.45, 7) is 7.80. The summed E-state index contributed by atoms with van der Waals surface area (Å²) >= 11 is 3.64. The molecule has 0 unspecified atom stereocenters. The van der Waals surface area contributed by atoms with E-state index in [2.05, 4.69) is 46.6 Å². The molecular weight excluding hydrogens is 252 g/mol. The van der Waals surface area contributed by atoms with E-state index in [1.54, 1.807) is 0 Å². The summed E-state index contributed by atoms with van der Waals surface area (Å²) in [7, 11) is 0. The lowest BCUT2D eigenvalue weighted by molar-refractivity contribution is 0.513. The Morgan fingerprint density at radius 3 is 2.80 bits per heavy atom. The summed E-state index contributed by atoms with van der Waals surface area (Å²) in [4.78, 5) is 6.90. The predicted molar refractivity (Wildman–Crippen MR) is 67.3 cm³/mol. The van der Waals surface area contributed by atoms with Gasteiger partial charge < -0.3 is 4.90 Å². The molecule has 1 aromatic rings. The van der Waals surface area contributed by atoms with E-state index in [-0.39, 0.29) is 5.54 Å². The average molecular weight is 269 g/mol. The quantitative estimate of drug-likeness (QED) is 0.775. The maximum Gasteiger partial charge on any atom is 0.143 e. The first-order chi connectivity index (χ1) is 7.02. The zero-order chi connectivity index (χ0) is 11.1. The van der Waals surface area contributed by atoms with Gasteiger partial charge in [0, 0.05) is 18.3 Å². The second-order valence-corrected chi connectivity index (χ2v) is 5.63. The van der Waals surface area contributed by atoms with Gasteiger partial charge in [-0.1, -0.05) is 0 Å². The fraction of sp³-hybridized carbons (Fsp3) is 0.583. The fourth-order valence-corrected chi connectivity index (χ4v) is 2.66. The fourth-order valence-electron chi connectivity index (χ4n) is 2.21. The summed E-state index contributed by atoms with van der Waals surface area (Å²) in [5.74, 6) is 1.09. The molecule has 2 nitrogen and oxygen atoms in total. The molecule has 0 spiro atoms. The lowest BCUT2D eigenvalue weighted by atomic mass is 10.0. The van der Waals surface area contributed by atoms with Gasteiger partial charge in [-0.05, 0) is 61.2 Å². The maximum absolute atomic E-state index is 4.50. The van der Waals surface area contributed by atoms with Gasteiger partial charge >= 0.3 is 0 Å². The molecule has 0 aliphatic carbocycles. The van der Waals surface area contributed by atoms with Crippen LogP contribution >= 0.6 is 15.9 Å².